The van der Waals surface area contributed by atoms with Crippen molar-refractivity contribution in [2.24, 2.45) is 0 Å². The lowest BCUT2D eigenvalue weighted by atomic mass is 9.84. The van der Waals surface area contributed by atoms with E-state index < -0.39 is 0 Å². The molecule has 0 aliphatic heterocycles. The highest BCUT2D eigenvalue weighted by Crippen LogP contribution is 2.62. The highest BCUT2D eigenvalue weighted by atomic mass is 31.1. The van der Waals surface area contributed by atoms with Crippen LogP contribution < -0.4 is 0 Å². The molecule has 1 aromatic carbocycles. The van der Waals surface area contributed by atoms with Crippen molar-refractivity contribution < 1.29 is 0 Å². The van der Waals surface area contributed by atoms with Crippen molar-refractivity contribution in [1.82, 2.24) is 0 Å². The summed E-state index contributed by atoms with van der Waals surface area (Å²) in [5, 5.41) is 0. The van der Waals surface area contributed by atoms with Gasteiger partial charge in [-0.25, -0.2) is 0 Å². The minimum atomic E-state index is 0. The molecule has 0 aromatic heterocycles. The second-order valence-electron chi connectivity index (χ2n) is 8.95. The third kappa shape index (κ3) is 4.95. The minimum absolute atomic E-state index is 0. The van der Waals surface area contributed by atoms with Crippen LogP contribution in [0, 0.1) is 0 Å². The van der Waals surface area contributed by atoms with E-state index in [1.807, 2.05) is 0 Å². The van der Waals surface area contributed by atoms with Gasteiger partial charge in [0.15, 0.2) is 0 Å². The summed E-state index contributed by atoms with van der Waals surface area (Å²) in [6.07, 6.45) is 21.5. The van der Waals surface area contributed by atoms with Gasteiger partial charge in [0.05, 0.1) is 0 Å². The first-order valence-electron chi connectivity index (χ1n) is 11.2. The molecule has 0 heterocycles. The molecule has 3 saturated carbocycles. The molecule has 0 saturated heterocycles. The molecule has 141 valence electrons. The van der Waals surface area contributed by atoms with E-state index >= 15 is 0 Å². The Morgan fingerprint density at radius 3 is 1.50 bits per heavy atom. The largest absolute Gasteiger partial charge is 0.0971 e. The van der Waals surface area contributed by atoms with Gasteiger partial charge in [-0.05, 0) is 79.8 Å². The van der Waals surface area contributed by atoms with Crippen molar-refractivity contribution in [2.45, 2.75) is 113 Å². The zero-order chi connectivity index (χ0) is 16.9. The minimum Gasteiger partial charge on any atom is -0.0971 e. The van der Waals surface area contributed by atoms with E-state index in [9.17, 15) is 0 Å². The molecule has 2 heteroatoms. The molecule has 0 N–H and O–H groups in total. The Balaban J connectivity index is 0.00000196. The number of hydrogen-bond acceptors (Lipinski definition) is 0. The van der Waals surface area contributed by atoms with Crippen LogP contribution >= 0.6 is 7.92 Å². The fraction of sp³-hybridized carbons (Fsp3) is 0.750. The summed E-state index contributed by atoms with van der Waals surface area (Å²) in [6, 6.07) is 11.4. The van der Waals surface area contributed by atoms with Crippen LogP contribution in [0.2, 0.25) is 0 Å². The second-order valence-corrected chi connectivity index (χ2v) is 12.0. The molecule has 0 spiro atoms. The number of rotatable bonds is 4. The summed E-state index contributed by atoms with van der Waals surface area (Å²) in [4.78, 5) is 0. The summed E-state index contributed by atoms with van der Waals surface area (Å²) in [7, 11) is 0.297. The molecule has 0 amide bonds. The van der Waals surface area contributed by atoms with Crippen LogP contribution in [-0.2, 0) is 0 Å². The van der Waals surface area contributed by atoms with Crippen LogP contribution in [0.3, 0.4) is 0 Å². The summed E-state index contributed by atoms with van der Waals surface area (Å²) >= 11 is 0. The van der Waals surface area contributed by atoms with E-state index in [0.717, 1.165) is 22.9 Å². The molecule has 0 atom stereocenters. The van der Waals surface area contributed by atoms with E-state index in [0.29, 0.717) is 7.92 Å². The average molecular weight is 367 g/mol. The maximum absolute atomic E-state index is 2.37. The first-order chi connectivity index (χ1) is 12.4. The van der Waals surface area contributed by atoms with E-state index in [2.05, 4.69) is 30.3 Å². The monoisotopic (exact) mass is 367 g/mol. The Hall–Kier alpha value is -0.285. The van der Waals surface area contributed by atoms with Gasteiger partial charge < -0.3 is 0 Å². The lowest BCUT2D eigenvalue weighted by Crippen LogP contribution is -2.29. The second kappa shape index (κ2) is 10.3. The van der Waals surface area contributed by atoms with Crippen molar-refractivity contribution in [3.8, 4) is 0 Å². The number of hydrogen-bond donors (Lipinski definition) is 0. The summed E-state index contributed by atoms with van der Waals surface area (Å²) in [5.74, 6) is 0.854. The van der Waals surface area contributed by atoms with E-state index in [-0.39, 0.29) is 8.41 Å². The predicted molar refractivity (Wildman–Crippen MR) is 118 cm³/mol. The molecule has 3 aliphatic rings. The predicted octanol–water partition coefficient (Wildman–Crippen LogP) is 7.48. The third-order valence-corrected chi connectivity index (χ3v) is 11.5. The average Bonchev–Trinajstić information content (AvgIpc) is 2.71. The highest BCUT2D eigenvalue weighted by Gasteiger charge is 2.37. The van der Waals surface area contributed by atoms with Crippen molar-refractivity contribution in [3.05, 3.63) is 35.9 Å². The molecule has 0 bridgehead atoms. The molecule has 4 rings (SSSR count). The van der Waals surface area contributed by atoms with Gasteiger partial charge in [-0.15, -0.1) is 0 Å². The Kier molecular flexibility index (Phi) is 8.11. The standard InChI is InChI=1S/C24H37P.B/c1-4-10-20(11-5-1)21-16-18-24(19-17-21)25(22-12-6-2-7-13-22)23-14-8-3-9-15-23;/h1,4-5,10-11,21-24H,2-3,6-9,12-19H2;. The lowest BCUT2D eigenvalue weighted by Gasteiger charge is -2.45. The van der Waals surface area contributed by atoms with Gasteiger partial charge in [0.2, 0.25) is 0 Å². The normalized spacial score (nSPS) is 28.7. The van der Waals surface area contributed by atoms with Crippen molar-refractivity contribution in [1.29, 1.82) is 0 Å². The molecule has 0 nitrogen and oxygen atoms in total. The summed E-state index contributed by atoms with van der Waals surface area (Å²) in [5.41, 5.74) is 5.01. The molecule has 1 aromatic rings. The first-order valence-corrected chi connectivity index (χ1v) is 12.8. The van der Waals surface area contributed by atoms with Crippen LogP contribution in [0.5, 0.6) is 0 Å². The smallest absolute Gasteiger partial charge is 0 e. The number of benzene rings is 1. The van der Waals surface area contributed by atoms with Gasteiger partial charge in [0, 0.05) is 8.41 Å². The van der Waals surface area contributed by atoms with E-state index in [1.165, 1.54) is 64.2 Å². The topological polar surface area (TPSA) is 0 Å². The highest BCUT2D eigenvalue weighted by molar-refractivity contribution is 7.60. The summed E-state index contributed by atoms with van der Waals surface area (Å²) < 4.78 is 0. The third-order valence-electron chi connectivity index (χ3n) is 7.38. The quantitative estimate of drug-likeness (QED) is 0.382. The first kappa shape index (κ1) is 20.4. The van der Waals surface area contributed by atoms with Crippen molar-refractivity contribution in [3.63, 3.8) is 0 Å². The van der Waals surface area contributed by atoms with E-state index in [4.69, 9.17) is 0 Å². The SMILES string of the molecule is [B].c1ccc(C2CCC(P(C3CCCCC3)C3CCCCC3)CC2)cc1. The molecular formula is C24H37BP. The molecule has 3 aliphatic carbocycles. The van der Waals surface area contributed by atoms with Gasteiger partial charge in [-0.2, -0.15) is 0 Å². The fourth-order valence-electron chi connectivity index (χ4n) is 6.09. The van der Waals surface area contributed by atoms with Gasteiger partial charge in [-0.3, -0.25) is 0 Å². The molecular weight excluding hydrogens is 330 g/mol. The zero-order valence-corrected chi connectivity index (χ0v) is 17.5. The molecule has 3 radical (unpaired) electrons. The van der Waals surface area contributed by atoms with E-state index in [1.54, 1.807) is 31.2 Å². The molecule has 0 unspecified atom stereocenters. The Labute approximate surface area is 165 Å². The van der Waals surface area contributed by atoms with Crippen LogP contribution in [0.25, 0.3) is 0 Å². The zero-order valence-electron chi connectivity index (χ0n) is 16.6. The van der Waals surface area contributed by atoms with Crippen molar-refractivity contribution >= 4 is 16.3 Å². The van der Waals surface area contributed by atoms with Crippen LogP contribution in [0.15, 0.2) is 30.3 Å². The Bertz CT molecular complexity index is 478. The van der Waals surface area contributed by atoms with Crippen LogP contribution in [0.4, 0.5) is 0 Å². The summed E-state index contributed by atoms with van der Waals surface area (Å²) in [6.45, 7) is 0. The fourth-order valence-corrected chi connectivity index (χ4v) is 10.7. The maximum atomic E-state index is 2.37. The van der Waals surface area contributed by atoms with Crippen LogP contribution in [0.1, 0.15) is 101 Å². The van der Waals surface area contributed by atoms with Crippen LogP contribution in [-0.4, -0.2) is 25.4 Å². The van der Waals surface area contributed by atoms with Gasteiger partial charge in [0.1, 0.15) is 0 Å². The van der Waals surface area contributed by atoms with Gasteiger partial charge >= 0.3 is 0 Å². The van der Waals surface area contributed by atoms with Gasteiger partial charge in [0.25, 0.3) is 0 Å². The van der Waals surface area contributed by atoms with Gasteiger partial charge in [-0.1, -0.05) is 76.8 Å². The van der Waals surface area contributed by atoms with Crippen molar-refractivity contribution in [2.75, 3.05) is 0 Å². The Morgan fingerprint density at radius 2 is 1.00 bits per heavy atom. The molecule has 3 fully saturated rings. The molecule has 26 heavy (non-hydrogen) atoms. The Morgan fingerprint density at radius 1 is 0.538 bits per heavy atom. The maximum Gasteiger partial charge on any atom is 0 e. The lowest BCUT2D eigenvalue weighted by molar-refractivity contribution is 0.431.